The second-order valence-corrected chi connectivity index (χ2v) is 6.11. The van der Waals surface area contributed by atoms with Crippen LogP contribution in [0.1, 0.15) is 23.0 Å². The Bertz CT molecular complexity index is 1020. The average Bonchev–Trinajstić information content (AvgIpc) is 3.18. The number of halogens is 3. The summed E-state index contributed by atoms with van der Waals surface area (Å²) in [6, 6.07) is 15.1. The van der Waals surface area contributed by atoms with Crippen molar-refractivity contribution in [1.82, 2.24) is 10.2 Å². The summed E-state index contributed by atoms with van der Waals surface area (Å²) in [7, 11) is 0. The monoisotopic (exact) mass is 403 g/mol. The summed E-state index contributed by atoms with van der Waals surface area (Å²) in [6.07, 6.45) is -5.96. The molecule has 3 aromatic rings. The molecule has 2 N–H and O–H groups in total. The molecular weight excluding hydrogens is 387 g/mol. The number of carbonyl (C=O) groups is 2. The number of hydrogen-bond donors (Lipinski definition) is 2. The van der Waals surface area contributed by atoms with Gasteiger partial charge in [0.1, 0.15) is 5.69 Å². The van der Waals surface area contributed by atoms with Gasteiger partial charge in [0.05, 0.1) is 16.9 Å². The lowest BCUT2D eigenvalue weighted by Gasteiger charge is -2.16. The van der Waals surface area contributed by atoms with E-state index in [0.29, 0.717) is 5.69 Å². The van der Waals surface area contributed by atoms with E-state index in [1.165, 1.54) is 25.1 Å². The van der Waals surface area contributed by atoms with E-state index in [0.717, 1.165) is 17.7 Å². The van der Waals surface area contributed by atoms with E-state index in [9.17, 15) is 22.8 Å². The van der Waals surface area contributed by atoms with Gasteiger partial charge in [0.25, 0.3) is 5.91 Å². The van der Waals surface area contributed by atoms with Gasteiger partial charge in [-0.1, -0.05) is 42.5 Å². The van der Waals surface area contributed by atoms with Gasteiger partial charge in [-0.2, -0.15) is 18.3 Å². The number of benzene rings is 2. The highest BCUT2D eigenvalue weighted by molar-refractivity contribution is 5.97. The van der Waals surface area contributed by atoms with Crippen molar-refractivity contribution in [1.29, 1.82) is 0 Å². The first-order chi connectivity index (χ1) is 13.8. The van der Waals surface area contributed by atoms with E-state index in [1.807, 2.05) is 18.2 Å². The summed E-state index contributed by atoms with van der Waals surface area (Å²) in [5.41, 5.74) is -0.112. The summed E-state index contributed by atoms with van der Waals surface area (Å²) in [5, 5.41) is 8.68. The Labute approximate surface area is 163 Å². The molecule has 0 saturated carbocycles. The SMILES string of the molecule is C[C@H](OC(=O)c1cc(-c2ccccc2)n[nH]1)C(=O)Nc1ccccc1C(F)(F)F. The number of ether oxygens (including phenoxy) is 1. The first kappa shape index (κ1) is 20.1. The fraction of sp³-hybridized carbons (Fsp3) is 0.150. The van der Waals surface area contributed by atoms with Gasteiger partial charge < -0.3 is 10.1 Å². The molecule has 0 aliphatic rings. The highest BCUT2D eigenvalue weighted by atomic mass is 19.4. The molecule has 0 aliphatic heterocycles. The predicted octanol–water partition coefficient (Wildman–Crippen LogP) is 4.28. The normalized spacial score (nSPS) is 12.3. The molecule has 1 atom stereocenters. The molecule has 0 aliphatic carbocycles. The first-order valence-electron chi connectivity index (χ1n) is 8.54. The summed E-state index contributed by atoms with van der Waals surface area (Å²) < 4.78 is 44.1. The fourth-order valence-electron chi connectivity index (χ4n) is 2.53. The third-order valence-corrected chi connectivity index (χ3v) is 4.01. The van der Waals surface area contributed by atoms with Gasteiger partial charge in [0, 0.05) is 5.56 Å². The zero-order valence-electron chi connectivity index (χ0n) is 15.2. The minimum atomic E-state index is -4.63. The Morgan fingerprint density at radius 3 is 2.41 bits per heavy atom. The predicted molar refractivity (Wildman–Crippen MR) is 99.0 cm³/mol. The number of carbonyl (C=O) groups excluding carboxylic acids is 2. The number of H-pyrrole nitrogens is 1. The lowest BCUT2D eigenvalue weighted by molar-refractivity contribution is -0.137. The maximum absolute atomic E-state index is 13.0. The Hall–Kier alpha value is -3.62. The fourth-order valence-corrected chi connectivity index (χ4v) is 2.53. The molecule has 6 nitrogen and oxygen atoms in total. The van der Waals surface area contributed by atoms with Crippen LogP contribution in [0, 0.1) is 0 Å². The molecule has 1 heterocycles. The van der Waals surface area contributed by atoms with Crippen LogP contribution in [0.2, 0.25) is 0 Å². The van der Waals surface area contributed by atoms with Crippen LogP contribution in [0.25, 0.3) is 11.3 Å². The summed E-state index contributed by atoms with van der Waals surface area (Å²) in [4.78, 5) is 24.4. The number of esters is 1. The van der Waals surface area contributed by atoms with Crippen molar-refractivity contribution >= 4 is 17.6 Å². The third kappa shape index (κ3) is 4.81. The molecule has 150 valence electrons. The second kappa shape index (κ2) is 8.17. The highest BCUT2D eigenvalue weighted by Crippen LogP contribution is 2.34. The molecular formula is C20H16F3N3O3. The number of aromatic nitrogens is 2. The molecule has 9 heteroatoms. The van der Waals surface area contributed by atoms with Gasteiger partial charge in [-0.25, -0.2) is 4.79 Å². The molecule has 0 unspecified atom stereocenters. The Morgan fingerprint density at radius 1 is 1.07 bits per heavy atom. The van der Waals surface area contributed by atoms with Gasteiger partial charge >= 0.3 is 12.1 Å². The van der Waals surface area contributed by atoms with Crippen molar-refractivity contribution in [2.24, 2.45) is 0 Å². The molecule has 0 radical (unpaired) electrons. The summed E-state index contributed by atoms with van der Waals surface area (Å²) >= 11 is 0. The van der Waals surface area contributed by atoms with Crippen molar-refractivity contribution < 1.29 is 27.5 Å². The van der Waals surface area contributed by atoms with Crippen LogP contribution in [-0.2, 0) is 15.7 Å². The maximum Gasteiger partial charge on any atom is 0.418 e. The number of para-hydroxylation sites is 1. The van der Waals surface area contributed by atoms with Gasteiger partial charge in [0.2, 0.25) is 0 Å². The van der Waals surface area contributed by atoms with Crippen LogP contribution in [-0.4, -0.2) is 28.2 Å². The minimum Gasteiger partial charge on any atom is -0.448 e. The largest absolute Gasteiger partial charge is 0.448 e. The van der Waals surface area contributed by atoms with E-state index in [2.05, 4.69) is 15.5 Å². The zero-order chi connectivity index (χ0) is 21.0. The number of hydrogen-bond acceptors (Lipinski definition) is 4. The van der Waals surface area contributed by atoms with Crippen molar-refractivity contribution in [2.75, 3.05) is 5.32 Å². The minimum absolute atomic E-state index is 0.0131. The van der Waals surface area contributed by atoms with E-state index < -0.39 is 35.4 Å². The van der Waals surface area contributed by atoms with Crippen molar-refractivity contribution in [2.45, 2.75) is 19.2 Å². The molecule has 29 heavy (non-hydrogen) atoms. The number of amides is 1. The van der Waals surface area contributed by atoms with Crippen LogP contribution >= 0.6 is 0 Å². The molecule has 0 saturated heterocycles. The molecule has 2 aromatic carbocycles. The summed E-state index contributed by atoms with van der Waals surface area (Å²) in [5.74, 6) is -1.75. The third-order valence-electron chi connectivity index (χ3n) is 4.01. The highest BCUT2D eigenvalue weighted by Gasteiger charge is 2.34. The first-order valence-corrected chi connectivity index (χ1v) is 8.54. The maximum atomic E-state index is 13.0. The molecule has 3 rings (SSSR count). The number of nitrogens with zero attached hydrogens (tertiary/aromatic N) is 1. The van der Waals surface area contributed by atoms with Crippen LogP contribution in [0.4, 0.5) is 18.9 Å². The standard InChI is InChI=1S/C20H16F3N3O3/c1-12(18(27)24-15-10-6-5-9-14(15)20(21,22)23)29-19(28)17-11-16(25-26-17)13-7-3-2-4-8-13/h2-12H,1H3,(H,24,27)(H,25,26)/t12-/m0/s1. The van der Waals surface area contributed by atoms with E-state index in [1.54, 1.807) is 12.1 Å². The molecule has 0 bridgehead atoms. The molecule has 1 aromatic heterocycles. The zero-order valence-corrected chi connectivity index (χ0v) is 15.2. The number of aromatic amines is 1. The van der Waals surface area contributed by atoms with Crippen molar-refractivity contribution in [3.8, 4) is 11.3 Å². The van der Waals surface area contributed by atoms with Crippen molar-refractivity contribution in [3.05, 3.63) is 71.9 Å². The lowest BCUT2D eigenvalue weighted by Crippen LogP contribution is -2.30. The van der Waals surface area contributed by atoms with E-state index >= 15 is 0 Å². The quantitative estimate of drug-likeness (QED) is 0.623. The smallest absolute Gasteiger partial charge is 0.418 e. The molecule has 0 spiro atoms. The van der Waals surface area contributed by atoms with E-state index in [4.69, 9.17) is 4.74 Å². The van der Waals surface area contributed by atoms with E-state index in [-0.39, 0.29) is 5.69 Å². The Morgan fingerprint density at radius 2 is 1.72 bits per heavy atom. The van der Waals surface area contributed by atoms with Gasteiger partial charge in [-0.15, -0.1) is 0 Å². The van der Waals surface area contributed by atoms with Crippen LogP contribution < -0.4 is 5.32 Å². The molecule has 1 amide bonds. The number of alkyl halides is 3. The lowest BCUT2D eigenvalue weighted by atomic mass is 10.1. The number of rotatable bonds is 5. The van der Waals surface area contributed by atoms with Crippen LogP contribution in [0.5, 0.6) is 0 Å². The number of anilines is 1. The second-order valence-electron chi connectivity index (χ2n) is 6.11. The summed E-state index contributed by atoms with van der Waals surface area (Å²) in [6.45, 7) is 1.26. The molecule has 0 fully saturated rings. The van der Waals surface area contributed by atoms with Gasteiger partial charge in [0.15, 0.2) is 6.10 Å². The van der Waals surface area contributed by atoms with Gasteiger partial charge in [-0.3, -0.25) is 9.89 Å². The van der Waals surface area contributed by atoms with Crippen LogP contribution in [0.15, 0.2) is 60.7 Å². The van der Waals surface area contributed by atoms with Crippen LogP contribution in [0.3, 0.4) is 0 Å². The van der Waals surface area contributed by atoms with Gasteiger partial charge in [-0.05, 0) is 25.1 Å². The topological polar surface area (TPSA) is 84.1 Å². The Kier molecular flexibility index (Phi) is 5.67. The average molecular weight is 403 g/mol. The number of nitrogens with one attached hydrogen (secondary N) is 2. The van der Waals surface area contributed by atoms with Crippen molar-refractivity contribution in [3.63, 3.8) is 0 Å². The Balaban J connectivity index is 1.66.